The Bertz CT molecular complexity index is 176. The fourth-order valence-corrected chi connectivity index (χ4v) is 0.883. The summed E-state index contributed by atoms with van der Waals surface area (Å²) in [6, 6.07) is 0. The van der Waals surface area contributed by atoms with Gasteiger partial charge in [0.25, 0.3) is 0 Å². The number of halogens is 1. The lowest BCUT2D eigenvalue weighted by Gasteiger charge is -2.02. The first-order chi connectivity index (χ1) is 5.81. The molecule has 0 aromatic heterocycles. The number of allylic oxidation sites excluding steroid dienone is 1. The summed E-state index contributed by atoms with van der Waals surface area (Å²) in [5.74, 6) is 5.97. The lowest BCUT2D eigenvalue weighted by Crippen LogP contribution is -2.04. The fraction of sp³-hybridized carbons (Fsp3) is 0.600. The Morgan fingerprint density at radius 3 is 2.83 bits per heavy atom. The largest absolute Gasteiger partial charge is 0.362 e. The van der Waals surface area contributed by atoms with Crippen molar-refractivity contribution in [3.05, 3.63) is 12.2 Å². The van der Waals surface area contributed by atoms with E-state index in [-0.39, 0.29) is 6.10 Å². The van der Waals surface area contributed by atoms with Crippen LogP contribution >= 0.6 is 15.9 Å². The second kappa shape index (κ2) is 8.83. The van der Waals surface area contributed by atoms with Crippen molar-refractivity contribution in [1.82, 2.24) is 0 Å². The van der Waals surface area contributed by atoms with Gasteiger partial charge in [-0.25, -0.2) is 0 Å². The highest BCUT2D eigenvalue weighted by molar-refractivity contribution is 9.09. The van der Waals surface area contributed by atoms with Gasteiger partial charge < -0.3 is 4.74 Å². The quantitative estimate of drug-likeness (QED) is 0.410. The minimum atomic E-state index is 0.0462. The van der Waals surface area contributed by atoms with Gasteiger partial charge in [0.15, 0.2) is 0 Å². The number of ether oxygens (including phenoxy) is 1. The maximum Gasteiger partial charge on any atom is 0.115 e. The third-order valence-electron chi connectivity index (χ3n) is 1.18. The van der Waals surface area contributed by atoms with Crippen LogP contribution in [0.3, 0.4) is 0 Å². The van der Waals surface area contributed by atoms with E-state index in [9.17, 15) is 0 Å². The first-order valence-electron chi connectivity index (χ1n) is 4.12. The van der Waals surface area contributed by atoms with Crippen LogP contribution in [0.1, 0.15) is 20.3 Å². The zero-order valence-electron chi connectivity index (χ0n) is 7.64. The third kappa shape index (κ3) is 7.84. The number of hydrogen-bond donors (Lipinski definition) is 0. The van der Waals surface area contributed by atoms with Crippen LogP contribution < -0.4 is 0 Å². The van der Waals surface area contributed by atoms with E-state index in [0.717, 1.165) is 11.8 Å². The van der Waals surface area contributed by atoms with Gasteiger partial charge in [-0.15, -0.1) is 5.92 Å². The zero-order valence-corrected chi connectivity index (χ0v) is 9.23. The number of hydrogen-bond acceptors (Lipinski definition) is 1. The molecule has 2 heteroatoms. The SMILES string of the molecule is CCC#C[C@@H](C)OC/C=C/CBr. The highest BCUT2D eigenvalue weighted by Gasteiger charge is 1.91. The van der Waals surface area contributed by atoms with Gasteiger partial charge in [-0.05, 0) is 6.92 Å². The van der Waals surface area contributed by atoms with Gasteiger partial charge >= 0.3 is 0 Å². The Hall–Kier alpha value is -0.260. The number of rotatable bonds is 4. The molecule has 12 heavy (non-hydrogen) atoms. The third-order valence-corrected chi connectivity index (χ3v) is 1.55. The Morgan fingerprint density at radius 1 is 1.50 bits per heavy atom. The van der Waals surface area contributed by atoms with Crippen LogP contribution in [-0.4, -0.2) is 18.0 Å². The molecule has 0 aromatic carbocycles. The minimum Gasteiger partial charge on any atom is -0.362 e. The van der Waals surface area contributed by atoms with E-state index >= 15 is 0 Å². The highest BCUT2D eigenvalue weighted by atomic mass is 79.9. The van der Waals surface area contributed by atoms with Gasteiger partial charge in [0.2, 0.25) is 0 Å². The lowest BCUT2D eigenvalue weighted by atomic mass is 10.3. The van der Waals surface area contributed by atoms with Crippen LogP contribution in [0.5, 0.6) is 0 Å². The van der Waals surface area contributed by atoms with Crippen molar-refractivity contribution in [2.45, 2.75) is 26.4 Å². The molecule has 0 N–H and O–H groups in total. The van der Waals surface area contributed by atoms with Crippen LogP contribution in [-0.2, 0) is 4.74 Å². The molecule has 0 rings (SSSR count). The molecule has 0 bridgehead atoms. The molecule has 0 radical (unpaired) electrons. The fourth-order valence-electron chi connectivity index (χ4n) is 0.618. The minimum absolute atomic E-state index is 0.0462. The van der Waals surface area contributed by atoms with E-state index < -0.39 is 0 Å². The van der Waals surface area contributed by atoms with Crippen LogP contribution in [0, 0.1) is 11.8 Å². The predicted octanol–water partition coefficient (Wildman–Crippen LogP) is 2.76. The molecule has 0 fully saturated rings. The van der Waals surface area contributed by atoms with Gasteiger partial charge in [0.1, 0.15) is 6.10 Å². The summed E-state index contributed by atoms with van der Waals surface area (Å²) >= 11 is 3.29. The smallest absolute Gasteiger partial charge is 0.115 e. The molecule has 0 spiro atoms. The molecule has 0 aliphatic rings. The summed E-state index contributed by atoms with van der Waals surface area (Å²) in [5, 5.41) is 0.880. The van der Waals surface area contributed by atoms with Crippen LogP contribution in [0.4, 0.5) is 0 Å². The van der Waals surface area contributed by atoms with Crippen LogP contribution in [0.25, 0.3) is 0 Å². The van der Waals surface area contributed by atoms with Crippen molar-refractivity contribution in [1.29, 1.82) is 0 Å². The van der Waals surface area contributed by atoms with Crippen molar-refractivity contribution < 1.29 is 4.74 Å². The van der Waals surface area contributed by atoms with E-state index in [1.807, 2.05) is 26.0 Å². The van der Waals surface area contributed by atoms with E-state index in [1.165, 1.54) is 0 Å². The van der Waals surface area contributed by atoms with Gasteiger partial charge in [0.05, 0.1) is 6.61 Å². The van der Waals surface area contributed by atoms with E-state index in [0.29, 0.717) is 6.61 Å². The molecule has 0 amide bonds. The molecule has 1 atom stereocenters. The zero-order chi connectivity index (χ0) is 9.23. The molecule has 0 aliphatic carbocycles. The van der Waals surface area contributed by atoms with Crippen molar-refractivity contribution >= 4 is 15.9 Å². The summed E-state index contributed by atoms with van der Waals surface area (Å²) in [7, 11) is 0. The van der Waals surface area contributed by atoms with Gasteiger partial charge in [-0.3, -0.25) is 0 Å². The Labute approximate surface area is 83.3 Å². The average Bonchev–Trinajstić information content (AvgIpc) is 2.09. The van der Waals surface area contributed by atoms with Crippen molar-refractivity contribution in [2.24, 2.45) is 0 Å². The van der Waals surface area contributed by atoms with E-state index in [4.69, 9.17) is 4.74 Å². The first-order valence-corrected chi connectivity index (χ1v) is 5.24. The molecule has 0 saturated carbocycles. The Balaban J connectivity index is 3.43. The number of alkyl halides is 1. The maximum absolute atomic E-state index is 5.36. The lowest BCUT2D eigenvalue weighted by molar-refractivity contribution is 0.129. The van der Waals surface area contributed by atoms with Crippen LogP contribution in [0.15, 0.2) is 12.2 Å². The standard InChI is InChI=1S/C10H15BrO/c1-3-4-7-10(2)12-9-6-5-8-11/h5-6,10H,3,8-9H2,1-2H3/b6-5+/t10-/m1/s1. The molecule has 1 nitrogen and oxygen atoms in total. The normalized spacial score (nSPS) is 12.6. The molecule has 0 heterocycles. The molecular formula is C10H15BrO. The Morgan fingerprint density at radius 2 is 2.25 bits per heavy atom. The van der Waals surface area contributed by atoms with Crippen molar-refractivity contribution in [2.75, 3.05) is 11.9 Å². The maximum atomic E-state index is 5.36. The second-order valence-electron chi connectivity index (χ2n) is 2.28. The van der Waals surface area contributed by atoms with E-state index in [1.54, 1.807) is 0 Å². The Kier molecular flexibility index (Phi) is 8.64. The molecule has 0 unspecified atom stereocenters. The van der Waals surface area contributed by atoms with Gasteiger partial charge in [-0.1, -0.05) is 40.9 Å². The summed E-state index contributed by atoms with van der Waals surface area (Å²) in [4.78, 5) is 0. The van der Waals surface area contributed by atoms with Gasteiger partial charge in [0, 0.05) is 11.8 Å². The van der Waals surface area contributed by atoms with E-state index in [2.05, 4.69) is 27.8 Å². The highest BCUT2D eigenvalue weighted by Crippen LogP contribution is 1.90. The van der Waals surface area contributed by atoms with Crippen molar-refractivity contribution in [3.63, 3.8) is 0 Å². The summed E-state index contributed by atoms with van der Waals surface area (Å²) in [6.07, 6.45) is 4.94. The monoisotopic (exact) mass is 230 g/mol. The van der Waals surface area contributed by atoms with Gasteiger partial charge in [-0.2, -0.15) is 0 Å². The predicted molar refractivity (Wildman–Crippen MR) is 56.4 cm³/mol. The topological polar surface area (TPSA) is 9.23 Å². The molecule has 0 saturated heterocycles. The molecule has 0 aliphatic heterocycles. The molecule has 0 aromatic rings. The van der Waals surface area contributed by atoms with Crippen LogP contribution in [0.2, 0.25) is 0 Å². The first kappa shape index (κ1) is 11.7. The summed E-state index contributed by atoms with van der Waals surface area (Å²) in [6.45, 7) is 4.64. The average molecular weight is 231 g/mol. The second-order valence-corrected chi connectivity index (χ2v) is 2.92. The molecule has 68 valence electrons. The summed E-state index contributed by atoms with van der Waals surface area (Å²) < 4.78 is 5.36. The molecular weight excluding hydrogens is 216 g/mol. The van der Waals surface area contributed by atoms with Crippen molar-refractivity contribution in [3.8, 4) is 11.8 Å². The summed E-state index contributed by atoms with van der Waals surface area (Å²) in [5.41, 5.74) is 0.